The monoisotopic (exact) mass is 215 g/mol. The minimum Gasteiger partial charge on any atom is -0.480 e. The van der Waals surface area contributed by atoms with Crippen LogP contribution < -0.4 is 5.32 Å². The van der Waals surface area contributed by atoms with Crippen LogP contribution in [-0.2, 0) is 4.79 Å². The molecular weight excluding hydrogens is 202 g/mol. The van der Waals surface area contributed by atoms with E-state index in [-0.39, 0.29) is 11.8 Å². The zero-order chi connectivity index (χ0) is 11.1. The van der Waals surface area contributed by atoms with Crippen LogP contribution in [0.4, 0.5) is 5.69 Å². The molecule has 0 radical (unpaired) electrons. The molecule has 1 aromatic carbocycles. The molecule has 2 aliphatic rings. The standard InChI is InChI=1S/C13H13NO2/c15-13(16)12-10-6-3-5-8(10)9-4-1-2-7-11(9)14-12/h1-5,7-8,10,12,14H,6H2,(H,15,16)/t8-,10+,12-/m1/s1. The maximum absolute atomic E-state index is 11.2. The second kappa shape index (κ2) is 3.37. The Balaban J connectivity index is 2.08. The van der Waals surface area contributed by atoms with Crippen molar-refractivity contribution in [2.45, 2.75) is 18.4 Å². The fourth-order valence-corrected chi connectivity index (χ4v) is 2.79. The van der Waals surface area contributed by atoms with Gasteiger partial charge in [0.15, 0.2) is 0 Å². The summed E-state index contributed by atoms with van der Waals surface area (Å²) in [7, 11) is 0. The molecule has 3 heteroatoms. The lowest BCUT2D eigenvalue weighted by molar-refractivity contribution is -0.139. The van der Waals surface area contributed by atoms with Gasteiger partial charge in [-0.05, 0) is 18.1 Å². The molecule has 3 rings (SSSR count). The molecule has 1 aliphatic heterocycles. The summed E-state index contributed by atoms with van der Waals surface area (Å²) in [5.41, 5.74) is 2.18. The van der Waals surface area contributed by atoms with E-state index < -0.39 is 12.0 Å². The highest BCUT2D eigenvalue weighted by Crippen LogP contribution is 2.44. The van der Waals surface area contributed by atoms with Crippen molar-refractivity contribution in [3.8, 4) is 0 Å². The molecule has 2 N–H and O–H groups in total. The third-order valence-electron chi connectivity index (χ3n) is 3.54. The second-order valence-electron chi connectivity index (χ2n) is 4.40. The largest absolute Gasteiger partial charge is 0.480 e. The van der Waals surface area contributed by atoms with Crippen molar-refractivity contribution in [2.75, 3.05) is 5.32 Å². The van der Waals surface area contributed by atoms with Gasteiger partial charge in [0.2, 0.25) is 0 Å². The first kappa shape index (κ1) is 9.46. The summed E-state index contributed by atoms with van der Waals surface area (Å²) in [5.74, 6) is -0.334. The number of allylic oxidation sites excluding steroid dienone is 2. The zero-order valence-corrected chi connectivity index (χ0v) is 8.76. The third-order valence-corrected chi connectivity index (χ3v) is 3.54. The van der Waals surface area contributed by atoms with E-state index in [1.165, 1.54) is 5.56 Å². The topological polar surface area (TPSA) is 49.3 Å². The van der Waals surface area contributed by atoms with Crippen LogP contribution in [0.5, 0.6) is 0 Å². The van der Waals surface area contributed by atoms with E-state index in [9.17, 15) is 9.90 Å². The third kappa shape index (κ3) is 1.24. The van der Waals surface area contributed by atoms with Crippen LogP contribution in [0.1, 0.15) is 17.9 Å². The molecule has 3 atom stereocenters. The predicted octanol–water partition coefficient (Wildman–Crippen LogP) is 2.22. The molecular formula is C13H13NO2. The second-order valence-corrected chi connectivity index (χ2v) is 4.40. The van der Waals surface area contributed by atoms with Gasteiger partial charge in [0.1, 0.15) is 6.04 Å². The predicted molar refractivity (Wildman–Crippen MR) is 61.5 cm³/mol. The molecule has 0 unspecified atom stereocenters. The van der Waals surface area contributed by atoms with E-state index >= 15 is 0 Å². The van der Waals surface area contributed by atoms with Gasteiger partial charge in [0.25, 0.3) is 0 Å². The van der Waals surface area contributed by atoms with Gasteiger partial charge < -0.3 is 10.4 Å². The molecule has 0 spiro atoms. The van der Waals surface area contributed by atoms with E-state index in [1.54, 1.807) is 0 Å². The van der Waals surface area contributed by atoms with E-state index in [0.29, 0.717) is 0 Å². The van der Waals surface area contributed by atoms with Gasteiger partial charge in [-0.2, -0.15) is 0 Å². The summed E-state index contributed by atoms with van der Waals surface area (Å²) in [6, 6.07) is 7.51. The van der Waals surface area contributed by atoms with Crippen molar-refractivity contribution in [3.05, 3.63) is 42.0 Å². The van der Waals surface area contributed by atoms with Crippen LogP contribution in [0, 0.1) is 5.92 Å². The van der Waals surface area contributed by atoms with E-state index in [4.69, 9.17) is 0 Å². The minimum absolute atomic E-state index is 0.160. The fourth-order valence-electron chi connectivity index (χ4n) is 2.79. The van der Waals surface area contributed by atoms with Gasteiger partial charge in [0.05, 0.1) is 0 Å². The Labute approximate surface area is 93.8 Å². The maximum atomic E-state index is 11.2. The summed E-state index contributed by atoms with van der Waals surface area (Å²) in [5, 5.41) is 12.3. The summed E-state index contributed by atoms with van der Waals surface area (Å²) >= 11 is 0. The molecule has 0 amide bonds. The Hall–Kier alpha value is -1.77. The number of nitrogens with one attached hydrogen (secondary N) is 1. The molecule has 0 fully saturated rings. The Morgan fingerprint density at radius 1 is 1.38 bits per heavy atom. The van der Waals surface area contributed by atoms with Gasteiger partial charge >= 0.3 is 5.97 Å². The van der Waals surface area contributed by atoms with Crippen molar-refractivity contribution in [1.29, 1.82) is 0 Å². The highest BCUT2D eigenvalue weighted by atomic mass is 16.4. The Bertz CT molecular complexity index is 467. The molecule has 3 nitrogen and oxygen atoms in total. The van der Waals surface area contributed by atoms with Crippen molar-refractivity contribution in [3.63, 3.8) is 0 Å². The van der Waals surface area contributed by atoms with E-state index in [1.807, 2.05) is 18.2 Å². The number of carboxylic acid groups (broad SMARTS) is 1. The number of carboxylic acids is 1. The Morgan fingerprint density at radius 2 is 2.19 bits per heavy atom. The van der Waals surface area contributed by atoms with Gasteiger partial charge in [-0.1, -0.05) is 30.4 Å². The summed E-state index contributed by atoms with van der Waals surface area (Å²) < 4.78 is 0. The number of aliphatic carboxylic acids is 1. The molecule has 1 heterocycles. The van der Waals surface area contributed by atoms with E-state index in [2.05, 4.69) is 23.5 Å². The molecule has 0 saturated heterocycles. The quantitative estimate of drug-likeness (QED) is 0.706. The van der Waals surface area contributed by atoms with Crippen LogP contribution in [0.15, 0.2) is 36.4 Å². The fraction of sp³-hybridized carbons (Fsp3) is 0.308. The number of benzene rings is 1. The molecule has 0 bridgehead atoms. The first-order chi connectivity index (χ1) is 7.77. The van der Waals surface area contributed by atoms with Crippen molar-refractivity contribution in [2.24, 2.45) is 5.92 Å². The number of hydrogen-bond acceptors (Lipinski definition) is 2. The molecule has 16 heavy (non-hydrogen) atoms. The van der Waals surface area contributed by atoms with Crippen LogP contribution in [0.3, 0.4) is 0 Å². The van der Waals surface area contributed by atoms with Crippen molar-refractivity contribution >= 4 is 11.7 Å². The number of anilines is 1. The lowest BCUT2D eigenvalue weighted by Crippen LogP contribution is -2.41. The maximum Gasteiger partial charge on any atom is 0.326 e. The first-order valence-corrected chi connectivity index (χ1v) is 5.52. The average molecular weight is 215 g/mol. The molecule has 82 valence electrons. The zero-order valence-electron chi connectivity index (χ0n) is 8.76. The van der Waals surface area contributed by atoms with Crippen molar-refractivity contribution in [1.82, 2.24) is 0 Å². The molecule has 0 aromatic heterocycles. The normalized spacial score (nSPS) is 30.4. The number of hydrogen-bond donors (Lipinski definition) is 2. The summed E-state index contributed by atoms with van der Waals surface area (Å²) in [6.07, 6.45) is 5.08. The highest BCUT2D eigenvalue weighted by molar-refractivity contribution is 5.80. The Morgan fingerprint density at radius 3 is 3.00 bits per heavy atom. The summed E-state index contributed by atoms with van der Waals surface area (Å²) in [6.45, 7) is 0. The average Bonchev–Trinajstić information content (AvgIpc) is 2.76. The molecule has 0 saturated carbocycles. The van der Waals surface area contributed by atoms with Gasteiger partial charge in [0, 0.05) is 17.5 Å². The number of carbonyl (C=O) groups is 1. The number of fused-ring (bicyclic) bond motifs is 3. The summed E-state index contributed by atoms with van der Waals surface area (Å²) in [4.78, 5) is 11.2. The van der Waals surface area contributed by atoms with Gasteiger partial charge in [-0.15, -0.1) is 0 Å². The van der Waals surface area contributed by atoms with Crippen LogP contribution >= 0.6 is 0 Å². The van der Waals surface area contributed by atoms with Crippen molar-refractivity contribution < 1.29 is 9.90 Å². The number of rotatable bonds is 1. The van der Waals surface area contributed by atoms with Crippen LogP contribution in [0.2, 0.25) is 0 Å². The molecule has 1 aromatic rings. The SMILES string of the molecule is O=C(O)[C@@H]1Nc2ccccc2[C@H]2C=CC[C@@H]21. The Kier molecular flexibility index (Phi) is 1.99. The van der Waals surface area contributed by atoms with Crippen LogP contribution in [0.25, 0.3) is 0 Å². The lowest BCUT2D eigenvalue weighted by Gasteiger charge is -2.34. The lowest BCUT2D eigenvalue weighted by atomic mass is 9.79. The smallest absolute Gasteiger partial charge is 0.326 e. The van der Waals surface area contributed by atoms with E-state index in [0.717, 1.165) is 12.1 Å². The number of para-hydroxylation sites is 1. The highest BCUT2D eigenvalue weighted by Gasteiger charge is 2.40. The minimum atomic E-state index is -0.756. The van der Waals surface area contributed by atoms with Crippen LogP contribution in [-0.4, -0.2) is 17.1 Å². The first-order valence-electron chi connectivity index (χ1n) is 5.52. The van der Waals surface area contributed by atoms with Gasteiger partial charge in [-0.25, -0.2) is 4.79 Å². The molecule has 1 aliphatic carbocycles. The van der Waals surface area contributed by atoms with Gasteiger partial charge in [-0.3, -0.25) is 0 Å².